The zero-order valence-corrected chi connectivity index (χ0v) is 12.7. The number of aryl methyl sites for hydroxylation is 1. The van der Waals surface area contributed by atoms with E-state index in [1.807, 2.05) is 0 Å². The summed E-state index contributed by atoms with van der Waals surface area (Å²) < 4.78 is 49.2. The fraction of sp³-hybridized carbons (Fsp3) is 0.231. The van der Waals surface area contributed by atoms with E-state index in [1.54, 1.807) is 0 Å². The summed E-state index contributed by atoms with van der Waals surface area (Å²) in [5.74, 6) is -0.277. The van der Waals surface area contributed by atoms with Gasteiger partial charge in [0.1, 0.15) is 12.4 Å². The summed E-state index contributed by atoms with van der Waals surface area (Å²) in [6.45, 7) is -0.327. The number of tetrazole rings is 1. The third kappa shape index (κ3) is 3.62. The van der Waals surface area contributed by atoms with Crippen molar-refractivity contribution in [1.82, 2.24) is 30.0 Å². The summed E-state index contributed by atoms with van der Waals surface area (Å²) >= 11 is 0. The lowest BCUT2D eigenvalue weighted by Crippen LogP contribution is -2.24. The Hall–Kier alpha value is -3.31. The van der Waals surface area contributed by atoms with Crippen LogP contribution >= 0.6 is 0 Å². The molecule has 12 heteroatoms. The molecule has 2 heterocycles. The number of benzene rings is 1. The quantitative estimate of drug-likeness (QED) is 0.737. The van der Waals surface area contributed by atoms with Crippen LogP contribution in [0.2, 0.25) is 0 Å². The van der Waals surface area contributed by atoms with E-state index >= 15 is 0 Å². The Balaban J connectivity index is 2.05. The summed E-state index contributed by atoms with van der Waals surface area (Å²) in [6, 6.07) is 5.31. The van der Waals surface area contributed by atoms with E-state index in [-0.39, 0.29) is 23.7 Å². The SMILES string of the molecule is Cn1nnn(-c2cccc(OC(F)(F)F)c2COc2ccn[nH]2)c1=O. The third-order valence-corrected chi connectivity index (χ3v) is 3.13. The average molecular weight is 356 g/mol. The van der Waals surface area contributed by atoms with Gasteiger partial charge in [-0.1, -0.05) is 6.07 Å². The second kappa shape index (κ2) is 6.30. The van der Waals surface area contributed by atoms with Gasteiger partial charge in [0.25, 0.3) is 0 Å². The topological polar surface area (TPSA) is 99.8 Å². The molecule has 0 aliphatic heterocycles. The van der Waals surface area contributed by atoms with Crippen LogP contribution in [0.15, 0.2) is 35.3 Å². The Morgan fingerprint density at radius 2 is 2.04 bits per heavy atom. The van der Waals surface area contributed by atoms with Crippen LogP contribution in [-0.2, 0) is 13.7 Å². The summed E-state index contributed by atoms with van der Waals surface area (Å²) in [6.07, 6.45) is -3.49. The van der Waals surface area contributed by atoms with Crippen molar-refractivity contribution < 1.29 is 22.6 Å². The van der Waals surface area contributed by atoms with Crippen LogP contribution < -0.4 is 15.2 Å². The van der Waals surface area contributed by atoms with Gasteiger partial charge in [-0.15, -0.1) is 13.2 Å². The van der Waals surface area contributed by atoms with Gasteiger partial charge in [-0.3, -0.25) is 0 Å². The van der Waals surface area contributed by atoms with Crippen molar-refractivity contribution in [3.63, 3.8) is 0 Å². The normalized spacial score (nSPS) is 11.5. The minimum atomic E-state index is -4.91. The maximum Gasteiger partial charge on any atom is 0.573 e. The fourth-order valence-corrected chi connectivity index (χ4v) is 2.06. The van der Waals surface area contributed by atoms with Gasteiger partial charge in [-0.25, -0.2) is 9.89 Å². The van der Waals surface area contributed by atoms with Crippen molar-refractivity contribution in [3.8, 4) is 17.3 Å². The molecule has 3 rings (SSSR count). The summed E-state index contributed by atoms with van der Waals surface area (Å²) in [7, 11) is 1.36. The summed E-state index contributed by atoms with van der Waals surface area (Å²) in [5.41, 5.74) is -0.608. The van der Waals surface area contributed by atoms with Crippen molar-refractivity contribution in [3.05, 3.63) is 46.5 Å². The minimum absolute atomic E-state index is 0.0305. The van der Waals surface area contributed by atoms with Gasteiger partial charge in [0.05, 0.1) is 17.4 Å². The lowest BCUT2D eigenvalue weighted by molar-refractivity contribution is -0.275. The van der Waals surface area contributed by atoms with E-state index in [0.29, 0.717) is 0 Å². The predicted molar refractivity (Wildman–Crippen MR) is 76.2 cm³/mol. The van der Waals surface area contributed by atoms with Gasteiger partial charge >= 0.3 is 12.1 Å². The highest BCUT2D eigenvalue weighted by Gasteiger charge is 2.33. The monoisotopic (exact) mass is 356 g/mol. The standard InChI is InChI=1S/C13H11F3N6O3/c1-21-12(23)22(20-19-21)9-3-2-4-10(25-13(14,15)16)8(9)7-24-11-5-6-17-18-11/h2-6H,7H2,1H3,(H,17,18). The maximum atomic E-state index is 12.7. The van der Waals surface area contributed by atoms with E-state index < -0.39 is 17.8 Å². The average Bonchev–Trinajstić information content (AvgIpc) is 3.16. The van der Waals surface area contributed by atoms with Gasteiger partial charge in [-0.2, -0.15) is 14.5 Å². The van der Waals surface area contributed by atoms with Crippen LogP contribution in [0.25, 0.3) is 5.69 Å². The van der Waals surface area contributed by atoms with E-state index in [0.717, 1.165) is 15.4 Å². The van der Waals surface area contributed by atoms with Crippen molar-refractivity contribution in [2.45, 2.75) is 13.0 Å². The van der Waals surface area contributed by atoms with Crippen LogP contribution in [0.4, 0.5) is 13.2 Å². The Labute approximate surface area is 137 Å². The van der Waals surface area contributed by atoms with Crippen LogP contribution in [-0.4, -0.2) is 36.4 Å². The second-order valence-corrected chi connectivity index (χ2v) is 4.81. The minimum Gasteiger partial charge on any atom is -0.473 e. The molecule has 2 aromatic heterocycles. The van der Waals surface area contributed by atoms with Crippen molar-refractivity contribution in [1.29, 1.82) is 0 Å². The van der Waals surface area contributed by atoms with Crippen molar-refractivity contribution in [2.24, 2.45) is 7.05 Å². The number of nitrogens with zero attached hydrogens (tertiary/aromatic N) is 5. The lowest BCUT2D eigenvalue weighted by atomic mass is 10.1. The number of hydrogen-bond donors (Lipinski definition) is 1. The molecule has 0 fully saturated rings. The van der Waals surface area contributed by atoms with Crippen LogP contribution in [0.5, 0.6) is 11.6 Å². The zero-order chi connectivity index (χ0) is 18.0. The molecule has 0 atom stereocenters. The molecule has 0 aliphatic carbocycles. The first kappa shape index (κ1) is 16.5. The van der Waals surface area contributed by atoms with E-state index in [4.69, 9.17) is 4.74 Å². The molecule has 0 bridgehead atoms. The van der Waals surface area contributed by atoms with Gasteiger partial charge in [0, 0.05) is 13.1 Å². The van der Waals surface area contributed by atoms with E-state index in [2.05, 4.69) is 25.4 Å². The molecule has 0 aliphatic rings. The van der Waals surface area contributed by atoms with Crippen molar-refractivity contribution in [2.75, 3.05) is 0 Å². The molecule has 0 unspecified atom stereocenters. The zero-order valence-electron chi connectivity index (χ0n) is 12.7. The molecule has 132 valence electrons. The molecule has 9 nitrogen and oxygen atoms in total. The highest BCUT2D eigenvalue weighted by atomic mass is 19.4. The molecular weight excluding hydrogens is 345 g/mol. The molecule has 25 heavy (non-hydrogen) atoms. The molecule has 0 saturated heterocycles. The number of alkyl halides is 3. The number of aromatic nitrogens is 6. The second-order valence-electron chi connectivity index (χ2n) is 4.81. The summed E-state index contributed by atoms with van der Waals surface area (Å²) in [4.78, 5) is 12.0. The smallest absolute Gasteiger partial charge is 0.473 e. The maximum absolute atomic E-state index is 12.7. The Kier molecular flexibility index (Phi) is 4.17. The third-order valence-electron chi connectivity index (χ3n) is 3.13. The number of ether oxygens (including phenoxy) is 2. The number of hydrogen-bond acceptors (Lipinski definition) is 6. The highest BCUT2D eigenvalue weighted by Crippen LogP contribution is 2.30. The van der Waals surface area contributed by atoms with Crippen LogP contribution in [0.3, 0.4) is 0 Å². The van der Waals surface area contributed by atoms with Gasteiger partial charge < -0.3 is 9.47 Å². The largest absolute Gasteiger partial charge is 0.573 e. The van der Waals surface area contributed by atoms with Gasteiger partial charge in [0.15, 0.2) is 0 Å². The number of halogens is 3. The molecule has 1 N–H and O–H groups in total. The Bertz CT molecular complexity index is 916. The number of nitrogens with one attached hydrogen (secondary N) is 1. The van der Waals surface area contributed by atoms with E-state index in [1.165, 1.54) is 31.4 Å². The highest BCUT2D eigenvalue weighted by molar-refractivity contribution is 5.49. The Morgan fingerprint density at radius 3 is 2.64 bits per heavy atom. The first-order valence-electron chi connectivity index (χ1n) is 6.84. The Morgan fingerprint density at radius 1 is 1.24 bits per heavy atom. The lowest BCUT2D eigenvalue weighted by Gasteiger charge is -2.16. The molecule has 0 amide bonds. The fourth-order valence-electron chi connectivity index (χ4n) is 2.06. The van der Waals surface area contributed by atoms with Crippen LogP contribution in [0, 0.1) is 0 Å². The number of H-pyrrole nitrogens is 1. The first-order valence-corrected chi connectivity index (χ1v) is 6.84. The molecule has 0 spiro atoms. The molecular formula is C13H11F3N6O3. The van der Waals surface area contributed by atoms with Gasteiger partial charge in [0.2, 0.25) is 5.88 Å². The predicted octanol–water partition coefficient (Wildman–Crippen LogP) is 1.17. The molecule has 0 saturated carbocycles. The van der Waals surface area contributed by atoms with Crippen LogP contribution in [0.1, 0.15) is 5.56 Å². The molecule has 1 aromatic carbocycles. The molecule has 0 radical (unpaired) electrons. The number of aromatic amines is 1. The summed E-state index contributed by atoms with van der Waals surface area (Å²) in [5, 5.41) is 13.4. The molecule has 3 aromatic rings. The first-order chi connectivity index (χ1) is 11.8. The van der Waals surface area contributed by atoms with Gasteiger partial charge in [-0.05, 0) is 22.6 Å². The number of rotatable bonds is 5. The van der Waals surface area contributed by atoms with Crippen molar-refractivity contribution >= 4 is 0 Å². The van der Waals surface area contributed by atoms with E-state index in [9.17, 15) is 18.0 Å².